The molecule has 3 rings (SSSR count). The van der Waals surface area contributed by atoms with Crippen molar-refractivity contribution in [1.29, 1.82) is 0 Å². The van der Waals surface area contributed by atoms with Crippen molar-refractivity contribution < 1.29 is 9.59 Å². The summed E-state index contributed by atoms with van der Waals surface area (Å²) in [6, 6.07) is 5.19. The first-order chi connectivity index (χ1) is 11.5. The van der Waals surface area contributed by atoms with Gasteiger partial charge in [0.05, 0.1) is 5.69 Å². The Morgan fingerprint density at radius 2 is 2.00 bits per heavy atom. The van der Waals surface area contributed by atoms with Crippen LogP contribution in [-0.2, 0) is 16.1 Å². The maximum absolute atomic E-state index is 12.8. The van der Waals surface area contributed by atoms with Gasteiger partial charge in [0, 0.05) is 39.4 Å². The Balaban J connectivity index is 1.71. The third-order valence-corrected chi connectivity index (χ3v) is 4.94. The lowest BCUT2D eigenvalue weighted by Gasteiger charge is -2.48. The topological polar surface area (TPSA) is 56.8 Å². The van der Waals surface area contributed by atoms with E-state index < -0.39 is 0 Å². The van der Waals surface area contributed by atoms with Crippen LogP contribution in [0.15, 0.2) is 24.4 Å². The largest absolute Gasteiger partial charge is 0.332 e. The van der Waals surface area contributed by atoms with Crippen LogP contribution in [0.1, 0.15) is 26.0 Å². The number of hydrogen-bond donors (Lipinski definition) is 0. The van der Waals surface area contributed by atoms with Gasteiger partial charge < -0.3 is 9.80 Å². The Morgan fingerprint density at radius 1 is 1.21 bits per heavy atom. The Hall–Kier alpha value is -1.95. The Morgan fingerprint density at radius 3 is 2.67 bits per heavy atom. The minimum absolute atomic E-state index is 0.0611. The molecule has 24 heavy (non-hydrogen) atoms. The van der Waals surface area contributed by atoms with Gasteiger partial charge in [-0.25, -0.2) is 0 Å². The van der Waals surface area contributed by atoms with Crippen molar-refractivity contribution in [3.63, 3.8) is 0 Å². The van der Waals surface area contributed by atoms with Gasteiger partial charge in [0.25, 0.3) is 0 Å². The van der Waals surface area contributed by atoms with Gasteiger partial charge in [0.2, 0.25) is 11.8 Å². The number of pyridine rings is 1. The van der Waals surface area contributed by atoms with Crippen LogP contribution in [0.4, 0.5) is 0 Å². The third kappa shape index (κ3) is 3.29. The molecule has 0 aromatic carbocycles. The van der Waals surface area contributed by atoms with E-state index in [1.807, 2.05) is 18.2 Å². The number of rotatable bonds is 4. The molecule has 3 heterocycles. The number of aromatic nitrogens is 1. The average molecular weight is 330 g/mol. The molecule has 2 aliphatic heterocycles. The lowest BCUT2D eigenvalue weighted by atomic mass is 9.95. The smallest absolute Gasteiger partial charge is 0.247 e. The molecule has 0 N–H and O–H groups in total. The van der Waals surface area contributed by atoms with Crippen molar-refractivity contribution in [2.24, 2.45) is 5.92 Å². The van der Waals surface area contributed by atoms with Crippen LogP contribution in [0.2, 0.25) is 0 Å². The monoisotopic (exact) mass is 330 g/mol. The zero-order valence-corrected chi connectivity index (χ0v) is 14.7. The second-order valence-electron chi connectivity index (χ2n) is 7.20. The second-order valence-corrected chi connectivity index (χ2v) is 7.20. The summed E-state index contributed by atoms with van der Waals surface area (Å²) in [6.45, 7) is 6.87. The highest BCUT2D eigenvalue weighted by Gasteiger charge is 2.46. The fourth-order valence-electron chi connectivity index (χ4n) is 3.63. The van der Waals surface area contributed by atoms with Gasteiger partial charge >= 0.3 is 0 Å². The number of nitrogens with zero attached hydrogens (tertiary/aromatic N) is 4. The number of likely N-dealkylation sites (N-methyl/N-ethyl adjacent to an activating group) is 1. The molecule has 6 nitrogen and oxygen atoms in total. The van der Waals surface area contributed by atoms with E-state index in [1.54, 1.807) is 23.0 Å². The Labute approximate surface area is 143 Å². The molecule has 0 bridgehead atoms. The SMILES string of the molecule is CC(C)C[C@H]1C(=O)N2CCN(Cc3ccccn3)C[C@@H]2C(=O)N1C. The van der Waals surface area contributed by atoms with Crippen molar-refractivity contribution in [2.75, 3.05) is 26.7 Å². The van der Waals surface area contributed by atoms with Gasteiger partial charge in [0.15, 0.2) is 0 Å². The second kappa shape index (κ2) is 6.89. The summed E-state index contributed by atoms with van der Waals surface area (Å²) in [4.78, 5) is 35.6. The number of amides is 2. The molecule has 0 spiro atoms. The van der Waals surface area contributed by atoms with Crippen molar-refractivity contribution in [3.8, 4) is 0 Å². The van der Waals surface area contributed by atoms with Crippen LogP contribution < -0.4 is 0 Å². The zero-order valence-electron chi connectivity index (χ0n) is 14.7. The summed E-state index contributed by atoms with van der Waals surface area (Å²) in [5.41, 5.74) is 0.992. The van der Waals surface area contributed by atoms with Crippen LogP contribution in [0, 0.1) is 5.92 Å². The minimum Gasteiger partial charge on any atom is -0.332 e. The molecule has 2 atom stereocenters. The first-order valence-corrected chi connectivity index (χ1v) is 8.66. The third-order valence-electron chi connectivity index (χ3n) is 4.94. The summed E-state index contributed by atoms with van der Waals surface area (Å²) in [7, 11) is 1.77. The predicted molar refractivity (Wildman–Crippen MR) is 91.0 cm³/mol. The molecule has 2 aliphatic rings. The van der Waals surface area contributed by atoms with Crippen LogP contribution in [0.25, 0.3) is 0 Å². The zero-order chi connectivity index (χ0) is 17.3. The summed E-state index contributed by atoms with van der Waals surface area (Å²) in [5, 5.41) is 0. The fourth-order valence-corrected chi connectivity index (χ4v) is 3.63. The minimum atomic E-state index is -0.358. The number of carbonyl (C=O) groups excluding carboxylic acids is 2. The molecule has 1 aromatic heterocycles. The normalized spacial score (nSPS) is 25.3. The van der Waals surface area contributed by atoms with Gasteiger partial charge in [-0.1, -0.05) is 19.9 Å². The molecule has 0 unspecified atom stereocenters. The van der Waals surface area contributed by atoms with Gasteiger partial charge in [-0.3, -0.25) is 19.5 Å². The summed E-state index contributed by atoms with van der Waals surface area (Å²) < 4.78 is 0. The number of piperazine rings is 2. The van der Waals surface area contributed by atoms with E-state index in [9.17, 15) is 9.59 Å². The van der Waals surface area contributed by atoms with E-state index >= 15 is 0 Å². The van der Waals surface area contributed by atoms with E-state index in [0.29, 0.717) is 25.6 Å². The lowest BCUT2D eigenvalue weighted by Crippen LogP contribution is -2.69. The van der Waals surface area contributed by atoms with Gasteiger partial charge in [-0.05, 0) is 24.5 Å². The molecular weight excluding hydrogens is 304 g/mol. The Kier molecular flexibility index (Phi) is 4.85. The molecular formula is C18H26N4O2. The molecule has 0 aliphatic carbocycles. The molecule has 6 heteroatoms. The van der Waals surface area contributed by atoms with Gasteiger partial charge in [-0.2, -0.15) is 0 Å². The number of hydrogen-bond acceptors (Lipinski definition) is 4. The molecule has 130 valence electrons. The maximum atomic E-state index is 12.8. The summed E-state index contributed by atoms with van der Waals surface area (Å²) in [6.07, 6.45) is 2.51. The number of fused-ring (bicyclic) bond motifs is 1. The summed E-state index contributed by atoms with van der Waals surface area (Å²) >= 11 is 0. The highest BCUT2D eigenvalue weighted by molar-refractivity contribution is 5.97. The fraction of sp³-hybridized carbons (Fsp3) is 0.611. The molecule has 1 aromatic rings. The van der Waals surface area contributed by atoms with E-state index in [0.717, 1.165) is 18.7 Å². The van der Waals surface area contributed by atoms with Crippen LogP contribution in [-0.4, -0.2) is 70.3 Å². The van der Waals surface area contributed by atoms with E-state index in [2.05, 4.69) is 23.7 Å². The van der Waals surface area contributed by atoms with E-state index in [1.165, 1.54) is 0 Å². The van der Waals surface area contributed by atoms with Crippen LogP contribution in [0.5, 0.6) is 0 Å². The van der Waals surface area contributed by atoms with Crippen LogP contribution in [0.3, 0.4) is 0 Å². The maximum Gasteiger partial charge on any atom is 0.247 e. The quantitative estimate of drug-likeness (QED) is 0.826. The van der Waals surface area contributed by atoms with Gasteiger partial charge in [-0.15, -0.1) is 0 Å². The first-order valence-electron chi connectivity index (χ1n) is 8.66. The average Bonchev–Trinajstić information content (AvgIpc) is 2.57. The first kappa shape index (κ1) is 16.9. The highest BCUT2D eigenvalue weighted by atomic mass is 16.2. The van der Waals surface area contributed by atoms with E-state index in [4.69, 9.17) is 0 Å². The molecule has 2 fully saturated rings. The lowest BCUT2D eigenvalue weighted by molar-refractivity contribution is -0.164. The number of carbonyl (C=O) groups is 2. The van der Waals surface area contributed by atoms with Crippen molar-refractivity contribution in [2.45, 2.75) is 38.9 Å². The van der Waals surface area contributed by atoms with Crippen molar-refractivity contribution >= 4 is 11.8 Å². The molecule has 0 radical (unpaired) electrons. The molecule has 0 saturated carbocycles. The molecule has 2 amide bonds. The standard InChI is InChI=1S/C18H26N4O2/c1-13(2)10-15-18(24)22-9-8-21(11-14-6-4-5-7-19-14)12-16(22)17(23)20(15)3/h4-7,13,15-16H,8-12H2,1-3H3/t15-,16+/m0/s1. The van der Waals surface area contributed by atoms with E-state index in [-0.39, 0.29) is 23.9 Å². The van der Waals surface area contributed by atoms with Gasteiger partial charge in [0.1, 0.15) is 12.1 Å². The Bertz CT molecular complexity index is 604. The van der Waals surface area contributed by atoms with Crippen molar-refractivity contribution in [3.05, 3.63) is 30.1 Å². The molecule has 2 saturated heterocycles. The van der Waals surface area contributed by atoms with Crippen molar-refractivity contribution in [1.82, 2.24) is 19.7 Å². The summed E-state index contributed by atoms with van der Waals surface area (Å²) in [5.74, 6) is 0.551. The highest BCUT2D eigenvalue weighted by Crippen LogP contribution is 2.25. The predicted octanol–water partition coefficient (Wildman–Crippen LogP) is 0.981. The van der Waals surface area contributed by atoms with Crippen LogP contribution >= 0.6 is 0 Å².